The maximum atomic E-state index is 8.98. The number of hydrogen-bond acceptors (Lipinski definition) is 3. The Morgan fingerprint density at radius 3 is 2.67 bits per heavy atom. The summed E-state index contributed by atoms with van der Waals surface area (Å²) in [7, 11) is 1.65. The third-order valence-corrected chi connectivity index (χ3v) is 3.45. The SMILES string of the molecule is COc1ccc(C(C)NCC(C)(C)C#N)cc1Br. The monoisotopic (exact) mass is 310 g/mol. The first-order chi connectivity index (χ1) is 8.39. The standard InChI is InChI=1S/C14H19BrN2O/c1-10(17-9-14(2,3)8-16)11-5-6-13(18-4)12(15)7-11/h5-7,10,17H,9H2,1-4H3. The molecule has 18 heavy (non-hydrogen) atoms. The number of nitriles is 1. The number of benzene rings is 1. The molecule has 0 aromatic heterocycles. The quantitative estimate of drug-likeness (QED) is 0.902. The van der Waals surface area contributed by atoms with Crippen molar-refractivity contribution >= 4 is 15.9 Å². The fourth-order valence-corrected chi connectivity index (χ4v) is 2.08. The normalized spacial score (nSPS) is 12.9. The number of nitrogens with one attached hydrogen (secondary N) is 1. The Morgan fingerprint density at radius 2 is 2.17 bits per heavy atom. The molecule has 0 heterocycles. The summed E-state index contributed by atoms with van der Waals surface area (Å²) in [6.07, 6.45) is 0. The van der Waals surface area contributed by atoms with Crippen LogP contribution in [-0.4, -0.2) is 13.7 Å². The smallest absolute Gasteiger partial charge is 0.133 e. The molecule has 1 N–H and O–H groups in total. The third kappa shape index (κ3) is 4.01. The maximum absolute atomic E-state index is 8.98. The molecule has 4 heteroatoms. The van der Waals surface area contributed by atoms with Gasteiger partial charge < -0.3 is 10.1 Å². The lowest BCUT2D eigenvalue weighted by atomic mass is 9.95. The molecule has 1 unspecified atom stereocenters. The molecule has 1 aromatic rings. The Morgan fingerprint density at radius 1 is 1.50 bits per heavy atom. The molecule has 0 amide bonds. The van der Waals surface area contributed by atoms with Crippen LogP contribution in [-0.2, 0) is 0 Å². The predicted molar refractivity (Wildman–Crippen MR) is 76.5 cm³/mol. The molecule has 0 aliphatic heterocycles. The average molecular weight is 311 g/mol. The molecule has 0 bridgehead atoms. The lowest BCUT2D eigenvalue weighted by Gasteiger charge is -2.21. The third-order valence-electron chi connectivity index (χ3n) is 2.83. The Balaban J connectivity index is 2.71. The summed E-state index contributed by atoms with van der Waals surface area (Å²) in [6, 6.07) is 8.48. The van der Waals surface area contributed by atoms with E-state index in [0.717, 1.165) is 15.8 Å². The van der Waals surface area contributed by atoms with E-state index in [1.807, 2.05) is 32.0 Å². The molecule has 3 nitrogen and oxygen atoms in total. The van der Waals surface area contributed by atoms with E-state index in [-0.39, 0.29) is 11.5 Å². The molecule has 98 valence electrons. The Hall–Kier alpha value is -1.05. The first kappa shape index (κ1) is 15.0. The van der Waals surface area contributed by atoms with Crippen LogP contribution in [0.4, 0.5) is 0 Å². The van der Waals surface area contributed by atoms with Crippen LogP contribution < -0.4 is 10.1 Å². The molecule has 1 rings (SSSR count). The summed E-state index contributed by atoms with van der Waals surface area (Å²) in [4.78, 5) is 0. The maximum Gasteiger partial charge on any atom is 0.133 e. The topological polar surface area (TPSA) is 45.0 Å². The minimum absolute atomic E-state index is 0.194. The molecule has 1 aromatic carbocycles. The summed E-state index contributed by atoms with van der Waals surface area (Å²) in [5.41, 5.74) is 0.814. The van der Waals surface area contributed by atoms with Crippen LogP contribution in [0, 0.1) is 16.7 Å². The zero-order chi connectivity index (χ0) is 13.8. The summed E-state index contributed by atoms with van der Waals surface area (Å²) in [5.74, 6) is 0.823. The van der Waals surface area contributed by atoms with Gasteiger partial charge in [0.15, 0.2) is 0 Å². The van der Waals surface area contributed by atoms with Crippen LogP contribution >= 0.6 is 15.9 Å². The van der Waals surface area contributed by atoms with Gasteiger partial charge in [0.2, 0.25) is 0 Å². The second-order valence-electron chi connectivity index (χ2n) is 4.99. The summed E-state index contributed by atoms with van der Waals surface area (Å²) in [5, 5.41) is 12.3. The van der Waals surface area contributed by atoms with Gasteiger partial charge >= 0.3 is 0 Å². The van der Waals surface area contributed by atoms with Crippen molar-refractivity contribution in [2.45, 2.75) is 26.8 Å². The van der Waals surface area contributed by atoms with Gasteiger partial charge in [-0.3, -0.25) is 0 Å². The second-order valence-corrected chi connectivity index (χ2v) is 5.85. The van der Waals surface area contributed by atoms with E-state index in [1.54, 1.807) is 7.11 Å². The highest BCUT2D eigenvalue weighted by molar-refractivity contribution is 9.10. The molecule has 0 radical (unpaired) electrons. The minimum Gasteiger partial charge on any atom is -0.496 e. The zero-order valence-electron chi connectivity index (χ0n) is 11.2. The van der Waals surface area contributed by atoms with Crippen LogP contribution in [0.15, 0.2) is 22.7 Å². The van der Waals surface area contributed by atoms with E-state index < -0.39 is 0 Å². The van der Waals surface area contributed by atoms with Crippen LogP contribution in [0.5, 0.6) is 5.75 Å². The first-order valence-electron chi connectivity index (χ1n) is 5.87. The van der Waals surface area contributed by atoms with Crippen LogP contribution in [0.2, 0.25) is 0 Å². The number of ether oxygens (including phenoxy) is 1. The number of nitrogens with zero attached hydrogens (tertiary/aromatic N) is 1. The van der Waals surface area contributed by atoms with Gasteiger partial charge in [0.1, 0.15) is 5.75 Å². The van der Waals surface area contributed by atoms with Gasteiger partial charge in [-0.25, -0.2) is 0 Å². The highest BCUT2D eigenvalue weighted by Gasteiger charge is 2.18. The van der Waals surface area contributed by atoms with E-state index in [1.165, 1.54) is 0 Å². The fraction of sp³-hybridized carbons (Fsp3) is 0.500. The molecule has 0 aliphatic carbocycles. The van der Waals surface area contributed by atoms with Crippen molar-refractivity contribution in [2.75, 3.05) is 13.7 Å². The molecule has 0 saturated carbocycles. The largest absolute Gasteiger partial charge is 0.496 e. The van der Waals surface area contributed by atoms with Crippen LogP contribution in [0.25, 0.3) is 0 Å². The lowest BCUT2D eigenvalue weighted by Crippen LogP contribution is -2.30. The average Bonchev–Trinajstić information content (AvgIpc) is 2.36. The van der Waals surface area contributed by atoms with E-state index in [9.17, 15) is 0 Å². The fourth-order valence-electron chi connectivity index (χ4n) is 1.52. The first-order valence-corrected chi connectivity index (χ1v) is 6.67. The molecule has 0 fully saturated rings. The highest BCUT2D eigenvalue weighted by atomic mass is 79.9. The van der Waals surface area contributed by atoms with E-state index in [4.69, 9.17) is 10.00 Å². The Bertz CT molecular complexity index is 452. The zero-order valence-corrected chi connectivity index (χ0v) is 12.8. The van der Waals surface area contributed by atoms with Gasteiger partial charge in [0.05, 0.1) is 23.1 Å². The van der Waals surface area contributed by atoms with Gasteiger partial charge in [-0.05, 0) is 54.4 Å². The Kier molecular flexibility index (Phi) is 5.18. The summed E-state index contributed by atoms with van der Waals surface area (Å²) >= 11 is 3.47. The van der Waals surface area contributed by atoms with Crippen LogP contribution in [0.3, 0.4) is 0 Å². The van der Waals surface area contributed by atoms with E-state index >= 15 is 0 Å². The van der Waals surface area contributed by atoms with Gasteiger partial charge in [0, 0.05) is 12.6 Å². The van der Waals surface area contributed by atoms with Crippen molar-refractivity contribution in [3.63, 3.8) is 0 Å². The number of rotatable bonds is 5. The van der Waals surface area contributed by atoms with Crippen molar-refractivity contribution < 1.29 is 4.74 Å². The van der Waals surface area contributed by atoms with Gasteiger partial charge in [-0.15, -0.1) is 0 Å². The molecule has 0 spiro atoms. The lowest BCUT2D eigenvalue weighted by molar-refractivity contribution is 0.408. The number of hydrogen-bond donors (Lipinski definition) is 1. The summed E-state index contributed by atoms with van der Waals surface area (Å²) < 4.78 is 6.14. The van der Waals surface area contributed by atoms with Gasteiger partial charge in [-0.1, -0.05) is 6.07 Å². The second kappa shape index (κ2) is 6.21. The predicted octanol–water partition coefficient (Wildman–Crippen LogP) is 3.66. The van der Waals surface area contributed by atoms with E-state index in [2.05, 4.69) is 34.2 Å². The molecule has 0 saturated heterocycles. The highest BCUT2D eigenvalue weighted by Crippen LogP contribution is 2.28. The van der Waals surface area contributed by atoms with Crippen molar-refractivity contribution in [3.05, 3.63) is 28.2 Å². The van der Waals surface area contributed by atoms with Gasteiger partial charge in [-0.2, -0.15) is 5.26 Å². The summed E-state index contributed by atoms with van der Waals surface area (Å²) in [6.45, 7) is 6.60. The van der Waals surface area contributed by atoms with Gasteiger partial charge in [0.25, 0.3) is 0 Å². The molecule has 0 aliphatic rings. The molecular weight excluding hydrogens is 292 g/mol. The molecule has 1 atom stereocenters. The Labute approximate surface area is 117 Å². The number of methoxy groups -OCH3 is 1. The van der Waals surface area contributed by atoms with Crippen molar-refractivity contribution in [1.29, 1.82) is 5.26 Å². The molecular formula is C14H19BrN2O. The van der Waals surface area contributed by atoms with Crippen molar-refractivity contribution in [2.24, 2.45) is 5.41 Å². The van der Waals surface area contributed by atoms with Crippen LogP contribution in [0.1, 0.15) is 32.4 Å². The number of halogens is 1. The van der Waals surface area contributed by atoms with E-state index in [0.29, 0.717) is 6.54 Å². The van der Waals surface area contributed by atoms with Crippen molar-refractivity contribution in [3.8, 4) is 11.8 Å². The minimum atomic E-state index is -0.349. The van der Waals surface area contributed by atoms with Crippen molar-refractivity contribution in [1.82, 2.24) is 5.32 Å².